The van der Waals surface area contributed by atoms with Crippen molar-refractivity contribution in [1.29, 1.82) is 0 Å². The van der Waals surface area contributed by atoms with Crippen molar-refractivity contribution in [2.45, 2.75) is 21.3 Å². The molecule has 0 radical (unpaired) electrons. The predicted octanol–water partition coefficient (Wildman–Crippen LogP) is 6.61. The summed E-state index contributed by atoms with van der Waals surface area (Å²) in [6, 6.07) is 24.8. The molecule has 5 heteroatoms. The average Bonchev–Trinajstić information content (AvgIpc) is 3.20. The number of benzene rings is 4. The monoisotopic (exact) mass is 425 g/mol. The van der Waals surface area contributed by atoms with Gasteiger partial charge in [-0.15, -0.1) is 0 Å². The molecule has 0 spiro atoms. The highest BCUT2D eigenvalue weighted by Gasteiger charge is 2.14. The molecule has 5 rings (SSSR count). The summed E-state index contributed by atoms with van der Waals surface area (Å²) < 4.78 is 0. The van der Waals surface area contributed by atoms with E-state index in [0.717, 1.165) is 38.1 Å². The van der Waals surface area contributed by atoms with Gasteiger partial charge in [-0.1, -0.05) is 81.9 Å². The minimum absolute atomic E-state index is 0. The van der Waals surface area contributed by atoms with Gasteiger partial charge in [0.1, 0.15) is 5.75 Å². The molecule has 3 N–H and O–H groups in total. The summed E-state index contributed by atoms with van der Waals surface area (Å²) in [4.78, 5) is 15.9. The zero-order valence-corrected chi connectivity index (χ0v) is 17.4. The highest BCUT2D eigenvalue weighted by molar-refractivity contribution is 6.18. The highest BCUT2D eigenvalue weighted by Crippen LogP contribution is 2.34. The summed E-state index contributed by atoms with van der Waals surface area (Å²) in [6.07, 6.45) is 1.56. The number of carbonyl (C=O) groups excluding carboxylic acids is 1. The SMILES string of the molecule is C.CC.O=C(N/N=C/c1ccccc1)c1cc2ccc3c4ccccc4[nH]c3c2cc1O. The van der Waals surface area contributed by atoms with Gasteiger partial charge in [0.15, 0.2) is 0 Å². The molecule has 1 aromatic heterocycles. The molecule has 5 aromatic rings. The van der Waals surface area contributed by atoms with Crippen LogP contribution in [0.25, 0.3) is 32.6 Å². The van der Waals surface area contributed by atoms with Gasteiger partial charge in [0, 0.05) is 21.7 Å². The molecule has 0 aliphatic heterocycles. The number of para-hydroxylation sites is 1. The van der Waals surface area contributed by atoms with Gasteiger partial charge in [-0.2, -0.15) is 5.10 Å². The third-order valence-corrected chi connectivity index (χ3v) is 5.04. The van der Waals surface area contributed by atoms with Crippen LogP contribution in [0, 0.1) is 0 Å². The van der Waals surface area contributed by atoms with E-state index >= 15 is 0 Å². The number of phenolic OH excluding ortho intramolecular Hbond substituents is 1. The largest absolute Gasteiger partial charge is 0.507 e. The van der Waals surface area contributed by atoms with E-state index in [1.54, 1.807) is 18.3 Å². The highest BCUT2D eigenvalue weighted by atomic mass is 16.3. The number of hydrogen-bond donors (Lipinski definition) is 3. The lowest BCUT2D eigenvalue weighted by atomic mass is 10.0. The smallest absolute Gasteiger partial charge is 0.275 e. The van der Waals surface area contributed by atoms with Crippen molar-refractivity contribution in [3.05, 3.63) is 90.0 Å². The zero-order valence-electron chi connectivity index (χ0n) is 17.4. The lowest BCUT2D eigenvalue weighted by molar-refractivity contribution is 0.0952. The fraction of sp³-hybridized carbons (Fsp3) is 0.111. The molecule has 0 saturated carbocycles. The Bertz CT molecular complexity index is 1400. The van der Waals surface area contributed by atoms with Crippen molar-refractivity contribution in [1.82, 2.24) is 10.4 Å². The number of amides is 1. The van der Waals surface area contributed by atoms with Gasteiger partial charge < -0.3 is 10.1 Å². The number of hydrazone groups is 1. The third kappa shape index (κ3) is 4.18. The Labute approximate surface area is 187 Å². The second kappa shape index (κ2) is 9.79. The van der Waals surface area contributed by atoms with Crippen LogP contribution >= 0.6 is 0 Å². The summed E-state index contributed by atoms with van der Waals surface area (Å²) in [6.45, 7) is 4.00. The van der Waals surface area contributed by atoms with Crippen molar-refractivity contribution in [2.24, 2.45) is 5.10 Å². The standard InChI is InChI=1S/C24H17N3O2.C2H6.CH4/c28-22-13-19-16(10-11-18-17-8-4-5-9-21(17)26-23(18)19)12-20(22)24(29)27-25-14-15-6-2-1-3-7-15;1-2;/h1-14,26,28H,(H,27,29);1-2H3;1H4/b25-14+;;. The van der Waals surface area contributed by atoms with Crippen LogP contribution in [0.5, 0.6) is 5.75 Å². The van der Waals surface area contributed by atoms with Gasteiger partial charge in [-0.05, 0) is 29.1 Å². The number of fused-ring (bicyclic) bond motifs is 5. The van der Waals surface area contributed by atoms with Crippen molar-refractivity contribution in [2.75, 3.05) is 0 Å². The summed E-state index contributed by atoms with van der Waals surface area (Å²) >= 11 is 0. The van der Waals surface area contributed by atoms with Crippen LogP contribution in [-0.4, -0.2) is 22.2 Å². The van der Waals surface area contributed by atoms with E-state index in [0.29, 0.717) is 0 Å². The first-order valence-corrected chi connectivity index (χ1v) is 10.3. The summed E-state index contributed by atoms with van der Waals surface area (Å²) in [7, 11) is 0. The van der Waals surface area contributed by atoms with Crippen molar-refractivity contribution >= 4 is 44.7 Å². The van der Waals surface area contributed by atoms with Crippen LogP contribution in [0.3, 0.4) is 0 Å². The maximum atomic E-state index is 12.5. The molecular weight excluding hydrogens is 398 g/mol. The van der Waals surface area contributed by atoms with Gasteiger partial charge in [0.05, 0.1) is 17.3 Å². The number of phenols is 1. The van der Waals surface area contributed by atoms with Gasteiger partial charge in [-0.3, -0.25) is 4.79 Å². The fourth-order valence-electron chi connectivity index (χ4n) is 3.63. The Hall–Kier alpha value is -4.12. The number of hydrogen-bond acceptors (Lipinski definition) is 3. The fourth-order valence-corrected chi connectivity index (χ4v) is 3.63. The van der Waals surface area contributed by atoms with Crippen LogP contribution < -0.4 is 5.43 Å². The van der Waals surface area contributed by atoms with Crippen LogP contribution in [0.4, 0.5) is 0 Å². The van der Waals surface area contributed by atoms with Crippen LogP contribution in [0.2, 0.25) is 0 Å². The number of rotatable bonds is 3. The van der Waals surface area contributed by atoms with Gasteiger partial charge in [0.2, 0.25) is 0 Å². The van der Waals surface area contributed by atoms with Gasteiger partial charge >= 0.3 is 0 Å². The second-order valence-corrected chi connectivity index (χ2v) is 6.86. The normalized spacial score (nSPS) is 10.7. The first kappa shape index (κ1) is 22.6. The van der Waals surface area contributed by atoms with E-state index in [1.165, 1.54) is 0 Å². The number of nitrogens with zero attached hydrogens (tertiary/aromatic N) is 1. The van der Waals surface area contributed by atoms with Crippen LogP contribution in [0.1, 0.15) is 37.2 Å². The zero-order chi connectivity index (χ0) is 21.8. The van der Waals surface area contributed by atoms with E-state index in [2.05, 4.69) is 21.6 Å². The first-order chi connectivity index (χ1) is 15.2. The Morgan fingerprint density at radius 1 is 0.906 bits per heavy atom. The summed E-state index contributed by atoms with van der Waals surface area (Å²) in [5.74, 6) is -0.551. The van der Waals surface area contributed by atoms with Crippen molar-refractivity contribution in [3.8, 4) is 5.75 Å². The molecule has 0 atom stereocenters. The molecule has 0 bridgehead atoms. The molecular formula is C27H27N3O2. The van der Waals surface area contributed by atoms with Crippen LogP contribution in [0.15, 0.2) is 84.0 Å². The third-order valence-electron chi connectivity index (χ3n) is 5.04. The van der Waals surface area contributed by atoms with E-state index in [9.17, 15) is 9.90 Å². The lowest BCUT2D eigenvalue weighted by Gasteiger charge is -2.07. The lowest BCUT2D eigenvalue weighted by Crippen LogP contribution is -2.17. The number of aromatic nitrogens is 1. The van der Waals surface area contributed by atoms with Crippen LogP contribution in [-0.2, 0) is 0 Å². The van der Waals surface area contributed by atoms with Crippen molar-refractivity contribution in [3.63, 3.8) is 0 Å². The molecule has 5 nitrogen and oxygen atoms in total. The molecule has 0 aliphatic carbocycles. The van der Waals surface area contributed by atoms with Gasteiger partial charge in [-0.25, -0.2) is 5.43 Å². The Kier molecular flexibility index (Phi) is 6.90. The Balaban J connectivity index is 0.000000938. The Morgan fingerprint density at radius 2 is 1.62 bits per heavy atom. The summed E-state index contributed by atoms with van der Waals surface area (Å²) in [5, 5.41) is 18.4. The second-order valence-electron chi connectivity index (χ2n) is 6.86. The minimum Gasteiger partial charge on any atom is -0.507 e. The molecule has 0 fully saturated rings. The predicted molar refractivity (Wildman–Crippen MR) is 135 cm³/mol. The van der Waals surface area contributed by atoms with Gasteiger partial charge in [0.25, 0.3) is 5.91 Å². The molecule has 32 heavy (non-hydrogen) atoms. The van der Waals surface area contributed by atoms with E-state index < -0.39 is 5.91 Å². The molecule has 4 aromatic carbocycles. The maximum Gasteiger partial charge on any atom is 0.275 e. The maximum absolute atomic E-state index is 12.5. The molecule has 1 heterocycles. The molecule has 0 aliphatic rings. The van der Waals surface area contributed by atoms with E-state index in [1.807, 2.05) is 74.5 Å². The number of aromatic amines is 1. The minimum atomic E-state index is -0.465. The molecule has 0 unspecified atom stereocenters. The number of carbonyl (C=O) groups is 1. The Morgan fingerprint density at radius 3 is 2.41 bits per heavy atom. The topological polar surface area (TPSA) is 77.5 Å². The molecule has 162 valence electrons. The summed E-state index contributed by atoms with van der Waals surface area (Å²) in [5.41, 5.74) is 5.50. The number of aromatic hydroxyl groups is 1. The van der Waals surface area contributed by atoms with E-state index in [-0.39, 0.29) is 18.7 Å². The number of nitrogens with one attached hydrogen (secondary N) is 2. The van der Waals surface area contributed by atoms with E-state index in [4.69, 9.17) is 0 Å². The van der Waals surface area contributed by atoms with Crippen molar-refractivity contribution < 1.29 is 9.90 Å². The number of H-pyrrole nitrogens is 1. The molecule has 0 saturated heterocycles. The quantitative estimate of drug-likeness (QED) is 0.225. The average molecular weight is 426 g/mol. The molecule has 1 amide bonds. The first-order valence-electron chi connectivity index (χ1n) is 10.3.